The molecule has 0 saturated carbocycles. The standard InChI is InChI=1S/C27H37F3N4O2/c1-20(2)31-11-15-34(16-12-31)24-10-9-22(19-26(24)35-4)21(3)32-13-17-33(18-14-32)23-7-5-6-8-25(23)36-27(28,29)30/h5-10,19-21H,11-18H2,1-4H3. The number of ether oxygens (including phenoxy) is 2. The lowest BCUT2D eigenvalue weighted by atomic mass is 10.0. The normalized spacial score (nSPS) is 19.0. The molecule has 2 aromatic rings. The van der Waals surface area contributed by atoms with E-state index in [1.54, 1.807) is 25.3 Å². The van der Waals surface area contributed by atoms with Crippen molar-refractivity contribution in [3.8, 4) is 11.5 Å². The summed E-state index contributed by atoms with van der Waals surface area (Å²) in [5.41, 5.74) is 2.78. The van der Waals surface area contributed by atoms with Crippen molar-refractivity contribution in [3.05, 3.63) is 48.0 Å². The molecule has 36 heavy (non-hydrogen) atoms. The predicted octanol–water partition coefficient (Wildman–Crippen LogP) is 5.01. The van der Waals surface area contributed by atoms with Crippen molar-refractivity contribution in [1.29, 1.82) is 0 Å². The van der Waals surface area contributed by atoms with Crippen LogP contribution in [0.5, 0.6) is 11.5 Å². The zero-order chi connectivity index (χ0) is 25.9. The van der Waals surface area contributed by atoms with Gasteiger partial charge in [-0.15, -0.1) is 13.2 Å². The van der Waals surface area contributed by atoms with E-state index < -0.39 is 6.36 Å². The lowest BCUT2D eigenvalue weighted by molar-refractivity contribution is -0.274. The Hall–Kier alpha value is -2.65. The summed E-state index contributed by atoms with van der Waals surface area (Å²) in [4.78, 5) is 9.21. The van der Waals surface area contributed by atoms with Crippen LogP contribution in [-0.2, 0) is 0 Å². The highest BCUT2D eigenvalue weighted by Gasteiger charge is 2.33. The molecule has 0 amide bonds. The summed E-state index contributed by atoms with van der Waals surface area (Å²) < 4.78 is 48.6. The minimum Gasteiger partial charge on any atom is -0.495 e. The highest BCUT2D eigenvalue weighted by atomic mass is 19.4. The average molecular weight is 507 g/mol. The highest BCUT2D eigenvalue weighted by molar-refractivity contribution is 5.61. The van der Waals surface area contributed by atoms with E-state index in [1.807, 2.05) is 4.90 Å². The zero-order valence-corrected chi connectivity index (χ0v) is 21.6. The molecule has 2 fully saturated rings. The van der Waals surface area contributed by atoms with Crippen molar-refractivity contribution in [2.45, 2.75) is 39.2 Å². The molecular formula is C27H37F3N4O2. The Balaban J connectivity index is 1.40. The summed E-state index contributed by atoms with van der Waals surface area (Å²) in [5.74, 6) is 0.732. The molecule has 2 aliphatic heterocycles. The SMILES string of the molecule is COc1cc(C(C)N2CCN(c3ccccc3OC(F)(F)F)CC2)ccc1N1CCN(C(C)C)CC1. The van der Waals surface area contributed by atoms with Gasteiger partial charge in [0.25, 0.3) is 0 Å². The first kappa shape index (κ1) is 26.4. The van der Waals surface area contributed by atoms with Gasteiger partial charge in [-0.3, -0.25) is 9.80 Å². The second-order valence-electron chi connectivity index (χ2n) is 9.76. The van der Waals surface area contributed by atoms with E-state index in [0.717, 1.165) is 50.7 Å². The van der Waals surface area contributed by atoms with E-state index in [4.69, 9.17) is 4.74 Å². The van der Waals surface area contributed by atoms with Crippen LogP contribution >= 0.6 is 0 Å². The van der Waals surface area contributed by atoms with Crippen LogP contribution in [-0.4, -0.2) is 81.7 Å². The van der Waals surface area contributed by atoms with Gasteiger partial charge in [0, 0.05) is 64.4 Å². The van der Waals surface area contributed by atoms with Crippen LogP contribution in [0.3, 0.4) is 0 Å². The number of alkyl halides is 3. The minimum absolute atomic E-state index is 0.152. The molecule has 0 N–H and O–H groups in total. The van der Waals surface area contributed by atoms with Gasteiger partial charge in [-0.2, -0.15) is 0 Å². The van der Waals surface area contributed by atoms with Crippen molar-refractivity contribution in [3.63, 3.8) is 0 Å². The number of piperazine rings is 2. The maximum atomic E-state index is 12.8. The third-order valence-corrected chi connectivity index (χ3v) is 7.37. The van der Waals surface area contributed by atoms with Crippen LogP contribution in [0.25, 0.3) is 0 Å². The van der Waals surface area contributed by atoms with E-state index in [-0.39, 0.29) is 11.8 Å². The molecule has 1 unspecified atom stereocenters. The topological polar surface area (TPSA) is 31.4 Å². The fourth-order valence-corrected chi connectivity index (χ4v) is 5.18. The molecule has 0 bridgehead atoms. The molecule has 2 aromatic carbocycles. The Morgan fingerprint density at radius 2 is 1.28 bits per heavy atom. The summed E-state index contributed by atoms with van der Waals surface area (Å²) in [6.45, 7) is 13.4. The van der Waals surface area contributed by atoms with Crippen LogP contribution in [0.2, 0.25) is 0 Å². The maximum absolute atomic E-state index is 12.8. The lowest BCUT2D eigenvalue weighted by Gasteiger charge is -2.40. The molecule has 0 radical (unpaired) electrons. The molecule has 2 heterocycles. The summed E-state index contributed by atoms with van der Waals surface area (Å²) in [6, 6.07) is 13.5. The smallest absolute Gasteiger partial charge is 0.495 e. The molecule has 0 aliphatic carbocycles. The molecule has 1 atom stereocenters. The zero-order valence-electron chi connectivity index (χ0n) is 21.6. The Labute approximate surface area is 212 Å². The summed E-state index contributed by atoms with van der Waals surface area (Å²) >= 11 is 0. The van der Waals surface area contributed by atoms with E-state index in [1.165, 1.54) is 11.6 Å². The fraction of sp³-hybridized carbons (Fsp3) is 0.556. The van der Waals surface area contributed by atoms with Gasteiger partial charge in [-0.25, -0.2) is 0 Å². The van der Waals surface area contributed by atoms with Crippen molar-refractivity contribution in [2.75, 3.05) is 69.3 Å². The Morgan fingerprint density at radius 1 is 0.722 bits per heavy atom. The first-order valence-electron chi connectivity index (χ1n) is 12.7. The van der Waals surface area contributed by atoms with E-state index in [9.17, 15) is 13.2 Å². The highest BCUT2D eigenvalue weighted by Crippen LogP contribution is 2.36. The molecule has 0 aromatic heterocycles. The number of halogens is 3. The monoisotopic (exact) mass is 506 g/mol. The number of nitrogens with zero attached hydrogens (tertiary/aromatic N) is 4. The number of hydrogen-bond donors (Lipinski definition) is 0. The number of benzene rings is 2. The number of methoxy groups -OCH3 is 1. The summed E-state index contributed by atoms with van der Waals surface area (Å²) in [5, 5.41) is 0. The molecule has 9 heteroatoms. The lowest BCUT2D eigenvalue weighted by Crippen LogP contribution is -2.49. The van der Waals surface area contributed by atoms with Gasteiger partial charge in [0.05, 0.1) is 18.5 Å². The quantitative estimate of drug-likeness (QED) is 0.525. The van der Waals surface area contributed by atoms with Gasteiger partial charge in [-0.05, 0) is 50.6 Å². The molecule has 6 nitrogen and oxygen atoms in total. The second kappa shape index (κ2) is 11.2. The van der Waals surface area contributed by atoms with Crippen molar-refractivity contribution < 1.29 is 22.6 Å². The van der Waals surface area contributed by atoms with E-state index >= 15 is 0 Å². The van der Waals surface area contributed by atoms with Gasteiger partial charge in [0.15, 0.2) is 5.75 Å². The Morgan fingerprint density at radius 3 is 1.83 bits per heavy atom. The van der Waals surface area contributed by atoms with Crippen molar-refractivity contribution >= 4 is 11.4 Å². The molecule has 4 rings (SSSR count). The largest absolute Gasteiger partial charge is 0.573 e. The van der Waals surface area contributed by atoms with Crippen LogP contribution in [0, 0.1) is 0 Å². The third kappa shape index (κ3) is 6.18. The van der Waals surface area contributed by atoms with Gasteiger partial charge in [0.1, 0.15) is 5.75 Å². The van der Waals surface area contributed by atoms with Crippen molar-refractivity contribution in [1.82, 2.24) is 9.80 Å². The van der Waals surface area contributed by atoms with Crippen LogP contribution in [0.1, 0.15) is 32.4 Å². The summed E-state index contributed by atoms with van der Waals surface area (Å²) in [6.07, 6.45) is -4.71. The van der Waals surface area contributed by atoms with E-state index in [0.29, 0.717) is 24.8 Å². The Bertz CT molecular complexity index is 1000. The van der Waals surface area contributed by atoms with Crippen LogP contribution in [0.4, 0.5) is 24.5 Å². The van der Waals surface area contributed by atoms with Gasteiger partial charge in [-0.1, -0.05) is 18.2 Å². The summed E-state index contributed by atoms with van der Waals surface area (Å²) in [7, 11) is 1.72. The molecule has 2 saturated heterocycles. The first-order valence-corrected chi connectivity index (χ1v) is 12.7. The van der Waals surface area contributed by atoms with E-state index in [2.05, 4.69) is 58.4 Å². The van der Waals surface area contributed by atoms with Crippen molar-refractivity contribution in [2.24, 2.45) is 0 Å². The number of anilines is 2. The predicted molar refractivity (Wildman–Crippen MR) is 137 cm³/mol. The second-order valence-corrected chi connectivity index (χ2v) is 9.76. The molecule has 198 valence electrons. The molecule has 2 aliphatic rings. The molecule has 0 spiro atoms. The Kier molecular flexibility index (Phi) is 8.20. The fourth-order valence-electron chi connectivity index (χ4n) is 5.18. The number of hydrogen-bond acceptors (Lipinski definition) is 6. The first-order chi connectivity index (χ1) is 17.2. The third-order valence-electron chi connectivity index (χ3n) is 7.37. The maximum Gasteiger partial charge on any atom is 0.573 e. The number of para-hydroxylation sites is 2. The van der Waals surface area contributed by atoms with Gasteiger partial charge < -0.3 is 19.3 Å². The number of rotatable bonds is 7. The van der Waals surface area contributed by atoms with Crippen LogP contribution in [0.15, 0.2) is 42.5 Å². The van der Waals surface area contributed by atoms with Crippen LogP contribution < -0.4 is 19.3 Å². The molecular weight excluding hydrogens is 469 g/mol. The van der Waals surface area contributed by atoms with Gasteiger partial charge in [0.2, 0.25) is 0 Å². The minimum atomic E-state index is -4.71. The van der Waals surface area contributed by atoms with Gasteiger partial charge >= 0.3 is 6.36 Å². The average Bonchev–Trinajstić information content (AvgIpc) is 2.87.